The number of likely N-dealkylation sites (N-methyl/N-ethyl adjacent to an activating group) is 1. The fourth-order valence-corrected chi connectivity index (χ4v) is 4.37. The Morgan fingerprint density at radius 1 is 1.15 bits per heavy atom. The Kier molecular flexibility index (Phi) is 6.44. The van der Waals surface area contributed by atoms with Gasteiger partial charge in [-0.15, -0.1) is 11.3 Å². The van der Waals surface area contributed by atoms with Gasteiger partial charge in [-0.25, -0.2) is 4.98 Å². The third-order valence-electron chi connectivity index (χ3n) is 3.92. The Labute approximate surface area is 162 Å². The summed E-state index contributed by atoms with van der Waals surface area (Å²) in [4.78, 5) is 21.6. The summed E-state index contributed by atoms with van der Waals surface area (Å²) in [6, 6.07) is 17.9. The summed E-state index contributed by atoms with van der Waals surface area (Å²) in [5.74, 6) is -0.0973. The van der Waals surface area contributed by atoms with Gasteiger partial charge in [0.15, 0.2) is 0 Å². The van der Waals surface area contributed by atoms with E-state index < -0.39 is 0 Å². The number of hydrogen-bond acceptors (Lipinski definition) is 5. The molecule has 0 bridgehead atoms. The monoisotopic (exact) mass is 383 g/mol. The largest absolute Gasteiger partial charge is 0.350 e. The second-order valence-electron chi connectivity index (χ2n) is 5.98. The fourth-order valence-electron chi connectivity index (χ4n) is 2.55. The van der Waals surface area contributed by atoms with Gasteiger partial charge in [-0.1, -0.05) is 36.0 Å². The Morgan fingerprint density at radius 3 is 2.65 bits per heavy atom. The van der Waals surface area contributed by atoms with E-state index in [0.717, 1.165) is 4.90 Å². The summed E-state index contributed by atoms with van der Waals surface area (Å²) in [5.41, 5.74) is 0.602. The lowest BCUT2D eigenvalue weighted by Gasteiger charge is -2.23. The van der Waals surface area contributed by atoms with Crippen LogP contribution >= 0.6 is 23.1 Å². The normalized spacial score (nSPS) is 12.1. The van der Waals surface area contributed by atoms with Crippen LogP contribution in [0.25, 0.3) is 0 Å². The van der Waals surface area contributed by atoms with Crippen LogP contribution in [-0.2, 0) is 0 Å². The molecule has 134 valence electrons. The second kappa shape index (κ2) is 8.98. The van der Waals surface area contributed by atoms with E-state index in [-0.39, 0.29) is 11.9 Å². The molecule has 1 aromatic carbocycles. The van der Waals surface area contributed by atoms with Gasteiger partial charge < -0.3 is 10.2 Å². The van der Waals surface area contributed by atoms with Crippen LogP contribution in [0, 0.1) is 0 Å². The lowest BCUT2D eigenvalue weighted by Crippen LogP contribution is -2.34. The molecule has 26 heavy (non-hydrogen) atoms. The summed E-state index contributed by atoms with van der Waals surface area (Å²) in [5, 5.41) is 5.84. The lowest BCUT2D eigenvalue weighted by molar-refractivity contribution is 0.0938. The van der Waals surface area contributed by atoms with Crippen molar-refractivity contribution in [3.05, 3.63) is 76.6 Å². The highest BCUT2D eigenvalue weighted by Gasteiger charge is 2.18. The van der Waals surface area contributed by atoms with E-state index in [1.54, 1.807) is 23.6 Å². The first-order valence-electron chi connectivity index (χ1n) is 8.31. The standard InChI is InChI=1S/C20H21N3OS2/c1-23(2)17(18-11-7-13-25-18)14-22-19(24)16-10-6-12-21-20(16)26-15-8-4-3-5-9-15/h3-13,17H,14H2,1-2H3,(H,22,24). The average Bonchev–Trinajstić information content (AvgIpc) is 3.17. The van der Waals surface area contributed by atoms with Crippen molar-refractivity contribution in [2.75, 3.05) is 20.6 Å². The SMILES string of the molecule is CN(C)C(CNC(=O)c1cccnc1Sc1ccccc1)c1cccs1. The van der Waals surface area contributed by atoms with Gasteiger partial charge in [0.1, 0.15) is 5.03 Å². The molecule has 0 aliphatic carbocycles. The maximum atomic E-state index is 12.8. The average molecular weight is 384 g/mol. The summed E-state index contributed by atoms with van der Waals surface area (Å²) < 4.78 is 0. The molecule has 0 radical (unpaired) electrons. The van der Waals surface area contributed by atoms with Crippen LogP contribution in [0.2, 0.25) is 0 Å². The highest BCUT2D eigenvalue weighted by Crippen LogP contribution is 2.28. The zero-order chi connectivity index (χ0) is 18.4. The highest BCUT2D eigenvalue weighted by atomic mass is 32.2. The molecule has 0 spiro atoms. The van der Waals surface area contributed by atoms with E-state index in [4.69, 9.17) is 0 Å². The molecule has 2 heterocycles. The van der Waals surface area contributed by atoms with Gasteiger partial charge in [0.05, 0.1) is 11.6 Å². The van der Waals surface area contributed by atoms with E-state index in [1.165, 1.54) is 16.6 Å². The molecule has 1 N–H and O–H groups in total. The van der Waals surface area contributed by atoms with Gasteiger partial charge in [-0.05, 0) is 49.8 Å². The molecule has 6 heteroatoms. The molecule has 4 nitrogen and oxygen atoms in total. The quantitative estimate of drug-likeness (QED) is 0.660. The van der Waals surface area contributed by atoms with Gasteiger partial charge in [0, 0.05) is 22.5 Å². The lowest BCUT2D eigenvalue weighted by atomic mass is 10.2. The van der Waals surface area contributed by atoms with Crippen molar-refractivity contribution in [1.29, 1.82) is 0 Å². The smallest absolute Gasteiger partial charge is 0.254 e. The van der Waals surface area contributed by atoms with E-state index in [2.05, 4.69) is 26.6 Å². The number of amides is 1. The van der Waals surface area contributed by atoms with Crippen LogP contribution in [0.15, 0.2) is 76.1 Å². The Balaban J connectivity index is 1.72. The van der Waals surface area contributed by atoms with Gasteiger partial charge in [0.2, 0.25) is 0 Å². The summed E-state index contributed by atoms with van der Waals surface area (Å²) in [7, 11) is 4.05. The van der Waals surface area contributed by atoms with Crippen molar-refractivity contribution in [2.24, 2.45) is 0 Å². The first-order valence-corrected chi connectivity index (χ1v) is 10.0. The molecule has 0 saturated carbocycles. The number of carbonyl (C=O) groups is 1. The second-order valence-corrected chi connectivity index (χ2v) is 8.02. The number of nitrogens with one attached hydrogen (secondary N) is 1. The van der Waals surface area contributed by atoms with E-state index in [0.29, 0.717) is 17.1 Å². The van der Waals surface area contributed by atoms with Crippen LogP contribution < -0.4 is 5.32 Å². The van der Waals surface area contributed by atoms with Crippen molar-refractivity contribution >= 4 is 29.0 Å². The molecular weight excluding hydrogens is 362 g/mol. The molecule has 0 aliphatic heterocycles. The number of nitrogens with zero attached hydrogens (tertiary/aromatic N) is 2. The number of rotatable bonds is 7. The zero-order valence-corrected chi connectivity index (χ0v) is 16.4. The van der Waals surface area contributed by atoms with Crippen molar-refractivity contribution < 1.29 is 4.79 Å². The third kappa shape index (κ3) is 4.72. The molecular formula is C20H21N3OS2. The topological polar surface area (TPSA) is 45.2 Å². The zero-order valence-electron chi connectivity index (χ0n) is 14.8. The summed E-state index contributed by atoms with van der Waals surface area (Å²) >= 11 is 3.20. The molecule has 2 aromatic heterocycles. The molecule has 1 amide bonds. The minimum Gasteiger partial charge on any atom is -0.350 e. The number of hydrogen-bond donors (Lipinski definition) is 1. The molecule has 1 unspecified atom stereocenters. The highest BCUT2D eigenvalue weighted by molar-refractivity contribution is 7.99. The van der Waals surface area contributed by atoms with Crippen molar-refractivity contribution in [3.63, 3.8) is 0 Å². The molecule has 1 atom stereocenters. The first-order chi connectivity index (χ1) is 12.6. The van der Waals surface area contributed by atoms with Crippen LogP contribution in [0.4, 0.5) is 0 Å². The third-order valence-corrected chi connectivity index (χ3v) is 5.92. The maximum absolute atomic E-state index is 12.8. The minimum absolute atomic E-state index is 0.0973. The van der Waals surface area contributed by atoms with Gasteiger partial charge in [0.25, 0.3) is 5.91 Å². The van der Waals surface area contributed by atoms with Crippen molar-refractivity contribution in [3.8, 4) is 0 Å². The first kappa shape index (κ1) is 18.6. The maximum Gasteiger partial charge on any atom is 0.254 e. The number of thiophene rings is 1. The molecule has 3 rings (SSSR count). The Morgan fingerprint density at radius 2 is 1.96 bits per heavy atom. The van der Waals surface area contributed by atoms with Crippen LogP contribution in [-0.4, -0.2) is 36.4 Å². The van der Waals surface area contributed by atoms with Gasteiger partial charge >= 0.3 is 0 Å². The van der Waals surface area contributed by atoms with Crippen molar-refractivity contribution in [1.82, 2.24) is 15.2 Å². The molecule has 0 fully saturated rings. The van der Waals surface area contributed by atoms with Crippen LogP contribution in [0.5, 0.6) is 0 Å². The van der Waals surface area contributed by atoms with Crippen LogP contribution in [0.3, 0.4) is 0 Å². The summed E-state index contributed by atoms with van der Waals surface area (Å²) in [6.07, 6.45) is 1.72. The van der Waals surface area contributed by atoms with Gasteiger partial charge in [-0.2, -0.15) is 0 Å². The van der Waals surface area contributed by atoms with Gasteiger partial charge in [-0.3, -0.25) is 4.79 Å². The van der Waals surface area contributed by atoms with E-state index >= 15 is 0 Å². The van der Waals surface area contributed by atoms with Crippen molar-refractivity contribution in [2.45, 2.75) is 16.0 Å². The minimum atomic E-state index is -0.0973. The number of carbonyl (C=O) groups excluding carboxylic acids is 1. The number of benzene rings is 1. The number of pyridine rings is 1. The molecule has 0 saturated heterocycles. The Bertz CT molecular complexity index is 835. The Hall–Kier alpha value is -2.15. The number of aromatic nitrogens is 1. The molecule has 0 aliphatic rings. The predicted octanol–water partition coefficient (Wildman–Crippen LogP) is 4.33. The van der Waals surface area contributed by atoms with Crippen LogP contribution in [0.1, 0.15) is 21.3 Å². The molecule has 3 aromatic rings. The van der Waals surface area contributed by atoms with E-state index in [1.807, 2.05) is 56.6 Å². The summed E-state index contributed by atoms with van der Waals surface area (Å²) in [6.45, 7) is 0.552. The van der Waals surface area contributed by atoms with E-state index in [9.17, 15) is 4.79 Å². The predicted molar refractivity (Wildman–Crippen MR) is 108 cm³/mol. The fraction of sp³-hybridized carbons (Fsp3) is 0.200.